The Balaban J connectivity index is 1.85. The molecule has 3 rings (SSSR count). The molecule has 3 aromatic rings. The molecule has 1 N–H and O–H groups in total. The number of hydrogen-bond donors (Lipinski definition) is 1. The lowest BCUT2D eigenvalue weighted by atomic mass is 10.2. The summed E-state index contributed by atoms with van der Waals surface area (Å²) >= 11 is 8.80. The minimum atomic E-state index is 0.287. The predicted octanol–water partition coefficient (Wildman–Crippen LogP) is 6.02. The number of nitrogens with zero attached hydrogens (tertiary/aromatic N) is 1. The SMILES string of the molecule is CSc1nc2ccc(NC(C)c3sccc3Br)cc2s1. The van der Waals surface area contributed by atoms with E-state index in [1.165, 1.54) is 14.0 Å². The molecule has 0 bridgehead atoms. The summed E-state index contributed by atoms with van der Waals surface area (Å²) < 4.78 is 3.52. The number of fused-ring (bicyclic) bond motifs is 1. The fourth-order valence-electron chi connectivity index (χ4n) is 2.01. The molecule has 20 heavy (non-hydrogen) atoms. The van der Waals surface area contributed by atoms with Crippen LogP contribution in [0.25, 0.3) is 10.2 Å². The lowest BCUT2D eigenvalue weighted by molar-refractivity contribution is 0.904. The third kappa shape index (κ3) is 2.88. The van der Waals surface area contributed by atoms with Gasteiger partial charge in [-0.25, -0.2) is 4.98 Å². The largest absolute Gasteiger partial charge is 0.378 e. The Morgan fingerprint density at radius 1 is 1.35 bits per heavy atom. The Morgan fingerprint density at radius 3 is 2.90 bits per heavy atom. The van der Waals surface area contributed by atoms with Crippen LogP contribution in [-0.2, 0) is 0 Å². The van der Waals surface area contributed by atoms with Crippen molar-refractivity contribution in [2.45, 2.75) is 17.3 Å². The van der Waals surface area contributed by atoms with Gasteiger partial charge in [0.2, 0.25) is 0 Å². The molecule has 0 fully saturated rings. The van der Waals surface area contributed by atoms with Crippen molar-refractivity contribution in [1.29, 1.82) is 0 Å². The van der Waals surface area contributed by atoms with Gasteiger partial charge in [0.05, 0.1) is 16.3 Å². The van der Waals surface area contributed by atoms with Gasteiger partial charge in [-0.2, -0.15) is 0 Å². The van der Waals surface area contributed by atoms with Crippen LogP contribution in [-0.4, -0.2) is 11.2 Å². The van der Waals surface area contributed by atoms with Crippen LogP contribution in [0.2, 0.25) is 0 Å². The first-order valence-corrected chi connectivity index (χ1v) is 9.83. The maximum atomic E-state index is 4.56. The van der Waals surface area contributed by atoms with Crippen molar-refractivity contribution in [2.75, 3.05) is 11.6 Å². The first-order valence-electron chi connectivity index (χ1n) is 6.11. The van der Waals surface area contributed by atoms with Crippen molar-refractivity contribution in [2.24, 2.45) is 0 Å². The molecule has 0 spiro atoms. The molecule has 2 nitrogen and oxygen atoms in total. The van der Waals surface area contributed by atoms with Crippen LogP contribution in [0.5, 0.6) is 0 Å². The van der Waals surface area contributed by atoms with Gasteiger partial charge in [-0.3, -0.25) is 0 Å². The van der Waals surface area contributed by atoms with Crippen LogP contribution in [0.4, 0.5) is 5.69 Å². The van der Waals surface area contributed by atoms with Crippen molar-refractivity contribution in [3.63, 3.8) is 0 Å². The van der Waals surface area contributed by atoms with Gasteiger partial charge in [-0.15, -0.1) is 22.7 Å². The molecule has 1 atom stereocenters. The van der Waals surface area contributed by atoms with Crippen LogP contribution in [0.3, 0.4) is 0 Å². The molecule has 1 aromatic carbocycles. The molecule has 0 aliphatic heterocycles. The van der Waals surface area contributed by atoms with E-state index in [0.29, 0.717) is 0 Å². The summed E-state index contributed by atoms with van der Waals surface area (Å²) in [5, 5.41) is 5.66. The van der Waals surface area contributed by atoms with Crippen molar-refractivity contribution in [3.8, 4) is 0 Å². The van der Waals surface area contributed by atoms with E-state index in [-0.39, 0.29) is 6.04 Å². The molecule has 0 saturated heterocycles. The Hall–Kier alpha value is -0.560. The molecule has 2 heterocycles. The molecule has 6 heteroatoms. The van der Waals surface area contributed by atoms with Crippen molar-refractivity contribution in [1.82, 2.24) is 4.98 Å². The second-order valence-electron chi connectivity index (χ2n) is 4.37. The van der Waals surface area contributed by atoms with E-state index in [1.54, 1.807) is 34.4 Å². The smallest absolute Gasteiger partial charge is 0.150 e. The number of aromatic nitrogens is 1. The van der Waals surface area contributed by atoms with E-state index in [0.717, 1.165) is 15.5 Å². The van der Waals surface area contributed by atoms with E-state index in [4.69, 9.17) is 0 Å². The number of anilines is 1. The van der Waals surface area contributed by atoms with Gasteiger partial charge in [0.25, 0.3) is 0 Å². The normalized spacial score (nSPS) is 12.8. The summed E-state index contributed by atoms with van der Waals surface area (Å²) in [6.45, 7) is 2.18. The number of rotatable bonds is 4. The summed E-state index contributed by atoms with van der Waals surface area (Å²) in [5.74, 6) is 0. The standard InChI is InChI=1S/C14H13BrN2S3/c1-8(13-10(15)5-6-19-13)16-9-3-4-11-12(7-9)20-14(17-11)18-2/h3-8,16H,1-2H3. The fourth-order valence-corrected chi connectivity index (χ4v) is 5.26. The second-order valence-corrected chi connectivity index (χ2v) is 8.25. The van der Waals surface area contributed by atoms with Crippen LogP contribution < -0.4 is 5.32 Å². The Labute approximate surface area is 138 Å². The molecule has 0 aliphatic rings. The Kier molecular flexibility index (Phi) is 4.35. The average Bonchev–Trinajstić information content (AvgIpc) is 3.03. The summed E-state index contributed by atoms with van der Waals surface area (Å²) in [6.07, 6.45) is 2.06. The Morgan fingerprint density at radius 2 is 2.20 bits per heavy atom. The number of halogens is 1. The number of thiophene rings is 1. The molecule has 0 saturated carbocycles. The highest BCUT2D eigenvalue weighted by atomic mass is 79.9. The quantitative estimate of drug-likeness (QED) is 0.556. The zero-order chi connectivity index (χ0) is 14.1. The van der Waals surface area contributed by atoms with E-state index >= 15 is 0 Å². The van der Waals surface area contributed by atoms with Gasteiger partial charge >= 0.3 is 0 Å². The van der Waals surface area contributed by atoms with Crippen molar-refractivity contribution < 1.29 is 0 Å². The van der Waals surface area contributed by atoms with Gasteiger partial charge < -0.3 is 5.32 Å². The third-order valence-electron chi connectivity index (χ3n) is 2.96. The van der Waals surface area contributed by atoms with Crippen molar-refractivity contribution in [3.05, 3.63) is 39.0 Å². The Bertz CT molecular complexity index is 735. The van der Waals surface area contributed by atoms with Gasteiger partial charge in [0.15, 0.2) is 4.34 Å². The third-order valence-corrected chi connectivity index (χ3v) is 7.02. The predicted molar refractivity (Wildman–Crippen MR) is 95.5 cm³/mol. The number of thiazole rings is 1. The zero-order valence-electron chi connectivity index (χ0n) is 11.0. The highest BCUT2D eigenvalue weighted by molar-refractivity contribution is 9.10. The molecule has 0 radical (unpaired) electrons. The molecule has 104 valence electrons. The van der Waals surface area contributed by atoms with Gasteiger partial charge in [0, 0.05) is 15.0 Å². The van der Waals surface area contributed by atoms with Gasteiger partial charge in [-0.05, 0) is 58.8 Å². The molecule has 0 amide bonds. The molecule has 1 unspecified atom stereocenters. The number of thioether (sulfide) groups is 1. The van der Waals surface area contributed by atoms with E-state index in [9.17, 15) is 0 Å². The lowest BCUT2D eigenvalue weighted by Gasteiger charge is -2.14. The zero-order valence-corrected chi connectivity index (χ0v) is 15.0. The number of nitrogens with one attached hydrogen (secondary N) is 1. The molecule has 0 aliphatic carbocycles. The highest BCUT2D eigenvalue weighted by Crippen LogP contribution is 2.33. The summed E-state index contributed by atoms with van der Waals surface area (Å²) in [6, 6.07) is 8.75. The van der Waals surface area contributed by atoms with Crippen LogP contribution >= 0.6 is 50.4 Å². The molecular formula is C14H13BrN2S3. The average molecular weight is 385 g/mol. The maximum absolute atomic E-state index is 4.56. The highest BCUT2D eigenvalue weighted by Gasteiger charge is 2.11. The lowest BCUT2D eigenvalue weighted by Crippen LogP contribution is -2.05. The minimum absolute atomic E-state index is 0.287. The van der Waals surface area contributed by atoms with Gasteiger partial charge in [-0.1, -0.05) is 11.8 Å². The molecule has 2 aromatic heterocycles. The summed E-state index contributed by atoms with van der Waals surface area (Å²) in [4.78, 5) is 5.88. The van der Waals surface area contributed by atoms with E-state index in [1.807, 2.05) is 0 Å². The van der Waals surface area contributed by atoms with Crippen molar-refractivity contribution >= 4 is 66.3 Å². The topological polar surface area (TPSA) is 24.9 Å². The summed E-state index contributed by atoms with van der Waals surface area (Å²) in [5.41, 5.74) is 2.22. The monoisotopic (exact) mass is 384 g/mol. The van der Waals surface area contributed by atoms with E-state index < -0.39 is 0 Å². The first-order chi connectivity index (χ1) is 9.67. The maximum Gasteiger partial charge on any atom is 0.150 e. The van der Waals surface area contributed by atoms with Gasteiger partial charge in [0.1, 0.15) is 0 Å². The van der Waals surface area contributed by atoms with Crippen LogP contribution in [0, 0.1) is 0 Å². The number of benzene rings is 1. The second kappa shape index (κ2) is 6.05. The van der Waals surface area contributed by atoms with Crippen LogP contribution in [0.1, 0.15) is 17.8 Å². The minimum Gasteiger partial charge on any atom is -0.378 e. The summed E-state index contributed by atoms with van der Waals surface area (Å²) in [7, 11) is 0. The fraction of sp³-hybridized carbons (Fsp3) is 0.214. The first kappa shape index (κ1) is 14.4. The van der Waals surface area contributed by atoms with E-state index in [2.05, 4.69) is 69.1 Å². The number of hydrogen-bond acceptors (Lipinski definition) is 5. The molecular weight excluding hydrogens is 372 g/mol. The van der Waals surface area contributed by atoms with Crippen LogP contribution in [0.15, 0.2) is 38.5 Å².